The van der Waals surface area contributed by atoms with E-state index in [0.29, 0.717) is 34.8 Å². The second kappa shape index (κ2) is 11.5. The fourth-order valence-electron chi connectivity index (χ4n) is 3.40. The molecule has 0 atom stereocenters. The van der Waals surface area contributed by atoms with Gasteiger partial charge in [0.25, 0.3) is 5.91 Å². The van der Waals surface area contributed by atoms with Crippen LogP contribution in [0.3, 0.4) is 0 Å². The smallest absolute Gasteiger partial charge is 0.264 e. The summed E-state index contributed by atoms with van der Waals surface area (Å²) in [4.78, 5) is 17.6. The molecule has 1 fully saturated rings. The molecule has 1 aliphatic rings. The first-order chi connectivity index (χ1) is 17.0. The van der Waals surface area contributed by atoms with Gasteiger partial charge in [-0.2, -0.15) is 0 Å². The normalized spacial score (nSPS) is 15.4. The number of hydrogen-bond acceptors (Lipinski definition) is 6. The topological polar surface area (TPSA) is 69.2 Å². The van der Waals surface area contributed by atoms with Crippen LogP contribution < -0.4 is 19.5 Å². The third kappa shape index (κ3) is 6.26. The molecule has 0 aliphatic carbocycles. The Morgan fingerprint density at radius 1 is 1.09 bits per heavy atom. The number of nitrogens with one attached hydrogen (secondary N) is 1. The summed E-state index contributed by atoms with van der Waals surface area (Å²) in [6, 6.07) is 19.2. The van der Waals surface area contributed by atoms with Gasteiger partial charge < -0.3 is 19.5 Å². The van der Waals surface area contributed by atoms with Crippen molar-refractivity contribution < 1.29 is 19.0 Å². The van der Waals surface area contributed by atoms with Crippen molar-refractivity contribution in [3.05, 3.63) is 86.7 Å². The number of thioether (sulfide) groups is 1. The second-order valence-corrected chi connectivity index (χ2v) is 9.54. The number of amidine groups is 1. The van der Waals surface area contributed by atoms with Gasteiger partial charge in [0.2, 0.25) is 0 Å². The molecule has 1 N–H and O–H groups in total. The Morgan fingerprint density at radius 3 is 2.57 bits per heavy atom. The number of hydrogen-bond donors (Lipinski definition) is 1. The number of amides is 1. The van der Waals surface area contributed by atoms with Gasteiger partial charge in [0.1, 0.15) is 12.4 Å². The van der Waals surface area contributed by atoms with Crippen molar-refractivity contribution in [3.63, 3.8) is 0 Å². The van der Waals surface area contributed by atoms with Crippen LogP contribution in [0.2, 0.25) is 0 Å². The SMILES string of the molecule is CCOc1cc(/C=C2\SC(=Nc3ccc(OC)cc3)NC2=O)cc(Br)c1OCc1ccccc1C. The van der Waals surface area contributed by atoms with Gasteiger partial charge in [0.15, 0.2) is 16.7 Å². The zero-order valence-electron chi connectivity index (χ0n) is 19.6. The molecule has 35 heavy (non-hydrogen) atoms. The molecule has 1 heterocycles. The summed E-state index contributed by atoms with van der Waals surface area (Å²) < 4.78 is 17.9. The molecular formula is C27H25BrN2O4S. The minimum atomic E-state index is -0.198. The maximum atomic E-state index is 12.6. The molecule has 0 bridgehead atoms. The Balaban J connectivity index is 1.55. The number of aliphatic imine (C=N–C) groups is 1. The molecule has 1 saturated heterocycles. The number of carbonyl (C=O) groups excluding carboxylic acids is 1. The monoisotopic (exact) mass is 552 g/mol. The van der Waals surface area contributed by atoms with Crippen LogP contribution in [0.25, 0.3) is 6.08 Å². The fraction of sp³-hybridized carbons (Fsp3) is 0.185. The number of aryl methyl sites for hydroxylation is 1. The molecule has 6 nitrogen and oxygen atoms in total. The minimum absolute atomic E-state index is 0.198. The van der Waals surface area contributed by atoms with Crippen molar-refractivity contribution in [3.8, 4) is 17.2 Å². The lowest BCUT2D eigenvalue weighted by Gasteiger charge is -2.15. The van der Waals surface area contributed by atoms with Gasteiger partial charge in [-0.3, -0.25) is 4.79 Å². The lowest BCUT2D eigenvalue weighted by atomic mass is 10.1. The predicted molar refractivity (Wildman–Crippen MR) is 145 cm³/mol. The lowest BCUT2D eigenvalue weighted by molar-refractivity contribution is -0.115. The molecule has 1 amide bonds. The van der Waals surface area contributed by atoms with Crippen LogP contribution in [0.4, 0.5) is 5.69 Å². The van der Waals surface area contributed by atoms with Crippen LogP contribution in [-0.2, 0) is 11.4 Å². The standard InChI is InChI=1S/C27H25BrN2O4S/c1-4-33-23-14-18(13-22(28)25(23)34-16-19-8-6-5-7-17(19)2)15-24-26(31)30-27(35-24)29-20-9-11-21(32-3)12-10-20/h5-15H,4,16H2,1-3H3,(H,29,30,31)/b24-15-. The summed E-state index contributed by atoms with van der Waals surface area (Å²) >= 11 is 4.91. The molecule has 3 aromatic rings. The Hall–Kier alpha value is -3.23. The third-order valence-electron chi connectivity index (χ3n) is 5.22. The van der Waals surface area contributed by atoms with E-state index in [9.17, 15) is 4.79 Å². The van der Waals surface area contributed by atoms with Gasteiger partial charge in [-0.15, -0.1) is 0 Å². The zero-order chi connectivity index (χ0) is 24.8. The van der Waals surface area contributed by atoms with Crippen LogP contribution >= 0.6 is 27.7 Å². The summed E-state index contributed by atoms with van der Waals surface area (Å²) in [6.07, 6.45) is 1.81. The minimum Gasteiger partial charge on any atom is -0.497 e. The summed E-state index contributed by atoms with van der Waals surface area (Å²) in [6.45, 7) is 4.89. The van der Waals surface area contributed by atoms with Crippen LogP contribution in [0.1, 0.15) is 23.6 Å². The number of carbonyl (C=O) groups is 1. The Morgan fingerprint density at radius 2 is 1.86 bits per heavy atom. The summed E-state index contributed by atoms with van der Waals surface area (Å²) in [5.41, 5.74) is 3.81. The van der Waals surface area contributed by atoms with Gasteiger partial charge in [-0.05, 0) is 101 Å². The Bertz CT molecular complexity index is 1290. The van der Waals surface area contributed by atoms with E-state index in [1.807, 2.05) is 67.6 Å². The van der Waals surface area contributed by atoms with Crippen molar-refractivity contribution in [2.24, 2.45) is 4.99 Å². The summed E-state index contributed by atoms with van der Waals surface area (Å²) in [7, 11) is 1.61. The van der Waals surface area contributed by atoms with Crippen molar-refractivity contribution in [2.45, 2.75) is 20.5 Å². The molecule has 3 aromatic carbocycles. The number of benzene rings is 3. The number of nitrogens with zero attached hydrogens (tertiary/aromatic N) is 1. The highest BCUT2D eigenvalue weighted by Gasteiger charge is 2.24. The lowest BCUT2D eigenvalue weighted by Crippen LogP contribution is -2.19. The first-order valence-corrected chi connectivity index (χ1v) is 12.6. The van der Waals surface area contributed by atoms with E-state index in [4.69, 9.17) is 14.2 Å². The van der Waals surface area contributed by atoms with E-state index in [1.54, 1.807) is 7.11 Å². The van der Waals surface area contributed by atoms with Gasteiger partial charge in [0.05, 0.1) is 28.8 Å². The number of ether oxygens (including phenoxy) is 3. The van der Waals surface area contributed by atoms with Crippen molar-refractivity contribution in [1.29, 1.82) is 0 Å². The maximum absolute atomic E-state index is 12.6. The van der Waals surface area contributed by atoms with E-state index in [2.05, 4.69) is 39.2 Å². The van der Waals surface area contributed by atoms with E-state index in [0.717, 1.165) is 27.0 Å². The highest BCUT2D eigenvalue weighted by Crippen LogP contribution is 2.39. The van der Waals surface area contributed by atoms with Gasteiger partial charge in [0, 0.05) is 0 Å². The van der Waals surface area contributed by atoms with Gasteiger partial charge in [-0.25, -0.2) is 4.99 Å². The molecule has 1 aliphatic heterocycles. The number of halogens is 1. The predicted octanol–water partition coefficient (Wildman–Crippen LogP) is 6.64. The van der Waals surface area contributed by atoms with Gasteiger partial charge in [-0.1, -0.05) is 24.3 Å². The van der Waals surface area contributed by atoms with E-state index < -0.39 is 0 Å². The zero-order valence-corrected chi connectivity index (χ0v) is 22.0. The highest BCUT2D eigenvalue weighted by atomic mass is 79.9. The molecular weight excluding hydrogens is 528 g/mol. The summed E-state index contributed by atoms with van der Waals surface area (Å²) in [5, 5.41) is 3.34. The first-order valence-electron chi connectivity index (χ1n) is 11.0. The third-order valence-corrected chi connectivity index (χ3v) is 6.72. The van der Waals surface area contributed by atoms with E-state index in [-0.39, 0.29) is 5.91 Å². The molecule has 0 aromatic heterocycles. The molecule has 0 saturated carbocycles. The average Bonchev–Trinajstić information content (AvgIpc) is 3.18. The molecule has 0 unspecified atom stereocenters. The highest BCUT2D eigenvalue weighted by molar-refractivity contribution is 9.10. The van der Waals surface area contributed by atoms with Crippen molar-refractivity contribution in [2.75, 3.05) is 13.7 Å². The average molecular weight is 553 g/mol. The molecule has 8 heteroatoms. The Labute approximate surface area is 217 Å². The van der Waals surface area contributed by atoms with Crippen molar-refractivity contribution in [1.82, 2.24) is 5.32 Å². The van der Waals surface area contributed by atoms with E-state index in [1.165, 1.54) is 17.3 Å². The fourth-order valence-corrected chi connectivity index (χ4v) is 4.82. The van der Waals surface area contributed by atoms with E-state index >= 15 is 0 Å². The second-order valence-electron chi connectivity index (χ2n) is 7.66. The maximum Gasteiger partial charge on any atom is 0.264 e. The van der Waals surface area contributed by atoms with Gasteiger partial charge >= 0.3 is 0 Å². The van der Waals surface area contributed by atoms with Crippen molar-refractivity contribution >= 4 is 50.5 Å². The number of methoxy groups -OCH3 is 1. The van der Waals surface area contributed by atoms with Crippen LogP contribution in [0.5, 0.6) is 17.2 Å². The quantitative estimate of drug-likeness (QED) is 0.317. The van der Waals surface area contributed by atoms with Crippen LogP contribution in [0.15, 0.2) is 75.0 Å². The molecule has 0 spiro atoms. The first kappa shape index (κ1) is 24.9. The molecule has 0 radical (unpaired) electrons. The Kier molecular flexibility index (Phi) is 8.15. The molecule has 180 valence electrons. The summed E-state index contributed by atoms with van der Waals surface area (Å²) in [5.74, 6) is 1.79. The molecule has 4 rings (SSSR count). The number of rotatable bonds is 8. The van der Waals surface area contributed by atoms with Crippen LogP contribution in [0, 0.1) is 6.92 Å². The van der Waals surface area contributed by atoms with Crippen LogP contribution in [-0.4, -0.2) is 24.8 Å². The largest absolute Gasteiger partial charge is 0.497 e.